The number of aromatic nitrogens is 4. The first kappa shape index (κ1) is 13.6. The molecule has 0 radical (unpaired) electrons. The predicted molar refractivity (Wildman–Crippen MR) is 75.5 cm³/mol. The molecule has 0 spiro atoms. The van der Waals surface area contributed by atoms with Gasteiger partial charge in [0.05, 0.1) is 17.9 Å². The van der Waals surface area contributed by atoms with Crippen molar-refractivity contribution in [3.63, 3.8) is 0 Å². The molecule has 0 amide bonds. The lowest BCUT2D eigenvalue weighted by atomic mass is 10.3. The number of imidazole rings is 1. The van der Waals surface area contributed by atoms with Crippen LogP contribution in [0.4, 0.5) is 0 Å². The van der Waals surface area contributed by atoms with E-state index in [0.717, 1.165) is 24.4 Å². The highest BCUT2D eigenvalue weighted by Gasteiger charge is 2.10. The van der Waals surface area contributed by atoms with Crippen LogP contribution in [0.25, 0.3) is 0 Å². The van der Waals surface area contributed by atoms with E-state index in [1.807, 2.05) is 30.9 Å². The van der Waals surface area contributed by atoms with Crippen LogP contribution in [0.2, 0.25) is 0 Å². The average Bonchev–Trinajstić information content (AvgIpc) is 2.94. The van der Waals surface area contributed by atoms with Gasteiger partial charge in [-0.1, -0.05) is 6.92 Å². The van der Waals surface area contributed by atoms with Crippen molar-refractivity contribution in [3.05, 3.63) is 40.3 Å². The standard InChI is InChI=1S/C14H22N4O/c1-5-12-9-13(18(6-2)15-12)10-16-7-8-17(11(3)4)14(16)19/h7-9,11H,5-6,10H2,1-4H3. The van der Waals surface area contributed by atoms with Crippen LogP contribution in [-0.4, -0.2) is 18.9 Å². The van der Waals surface area contributed by atoms with Gasteiger partial charge >= 0.3 is 5.69 Å². The Hall–Kier alpha value is -1.78. The minimum absolute atomic E-state index is 0.0388. The zero-order valence-corrected chi connectivity index (χ0v) is 12.1. The highest BCUT2D eigenvalue weighted by molar-refractivity contribution is 5.11. The third kappa shape index (κ3) is 2.64. The van der Waals surface area contributed by atoms with Crippen molar-refractivity contribution in [1.29, 1.82) is 0 Å². The molecule has 0 saturated carbocycles. The summed E-state index contributed by atoms with van der Waals surface area (Å²) in [5.74, 6) is 0. The fraction of sp³-hybridized carbons (Fsp3) is 0.571. The quantitative estimate of drug-likeness (QED) is 0.828. The monoisotopic (exact) mass is 262 g/mol. The van der Waals surface area contributed by atoms with E-state index in [1.54, 1.807) is 9.13 Å². The van der Waals surface area contributed by atoms with Crippen LogP contribution in [0, 0.1) is 0 Å². The van der Waals surface area contributed by atoms with Gasteiger partial charge < -0.3 is 0 Å². The molecule has 2 aromatic heterocycles. The Morgan fingerprint density at radius 2 is 2.00 bits per heavy atom. The lowest BCUT2D eigenvalue weighted by Gasteiger charge is -2.06. The highest BCUT2D eigenvalue weighted by atomic mass is 16.1. The second kappa shape index (κ2) is 5.47. The summed E-state index contributed by atoms with van der Waals surface area (Å²) in [5, 5.41) is 4.51. The number of nitrogens with zero attached hydrogens (tertiary/aromatic N) is 4. The normalized spacial score (nSPS) is 11.4. The van der Waals surface area contributed by atoms with Crippen molar-refractivity contribution < 1.29 is 0 Å². The number of hydrogen-bond donors (Lipinski definition) is 0. The Morgan fingerprint density at radius 3 is 2.53 bits per heavy atom. The first-order valence-corrected chi connectivity index (χ1v) is 6.89. The number of aryl methyl sites for hydroxylation is 2. The first-order chi connectivity index (χ1) is 9.06. The molecule has 2 aromatic rings. The topological polar surface area (TPSA) is 44.8 Å². The maximum atomic E-state index is 12.2. The molecular weight excluding hydrogens is 240 g/mol. The first-order valence-electron chi connectivity index (χ1n) is 6.89. The summed E-state index contributed by atoms with van der Waals surface area (Å²) in [6, 6.07) is 2.28. The fourth-order valence-corrected chi connectivity index (χ4v) is 2.20. The summed E-state index contributed by atoms with van der Waals surface area (Å²) in [6.45, 7) is 9.59. The van der Waals surface area contributed by atoms with Crippen LogP contribution in [0.1, 0.15) is 45.1 Å². The summed E-state index contributed by atoms with van der Waals surface area (Å²) in [5.41, 5.74) is 2.20. The van der Waals surface area contributed by atoms with E-state index in [9.17, 15) is 4.79 Å². The number of rotatable bonds is 5. The zero-order chi connectivity index (χ0) is 14.0. The van der Waals surface area contributed by atoms with Crippen molar-refractivity contribution in [1.82, 2.24) is 18.9 Å². The molecule has 0 aliphatic carbocycles. The molecule has 5 heteroatoms. The van der Waals surface area contributed by atoms with Crippen molar-refractivity contribution >= 4 is 0 Å². The van der Waals surface area contributed by atoms with E-state index in [1.165, 1.54) is 0 Å². The minimum Gasteiger partial charge on any atom is -0.297 e. The van der Waals surface area contributed by atoms with Crippen LogP contribution < -0.4 is 5.69 Å². The molecule has 0 bridgehead atoms. The largest absolute Gasteiger partial charge is 0.328 e. The summed E-state index contributed by atoms with van der Waals surface area (Å²) >= 11 is 0. The molecule has 0 unspecified atom stereocenters. The predicted octanol–water partition coefficient (Wildman–Crippen LogP) is 2.06. The molecule has 104 valence electrons. The second-order valence-corrected chi connectivity index (χ2v) is 5.01. The van der Waals surface area contributed by atoms with Gasteiger partial charge in [0.15, 0.2) is 0 Å². The maximum absolute atomic E-state index is 12.2. The van der Waals surface area contributed by atoms with Gasteiger partial charge in [-0.15, -0.1) is 0 Å². The fourth-order valence-electron chi connectivity index (χ4n) is 2.20. The lowest BCUT2D eigenvalue weighted by Crippen LogP contribution is -2.26. The van der Waals surface area contributed by atoms with Crippen LogP contribution in [0.5, 0.6) is 0 Å². The molecule has 0 aliphatic heterocycles. The van der Waals surface area contributed by atoms with Gasteiger partial charge in [0.1, 0.15) is 0 Å². The van der Waals surface area contributed by atoms with Crippen LogP contribution in [-0.2, 0) is 19.5 Å². The molecular formula is C14H22N4O. The van der Waals surface area contributed by atoms with E-state index in [4.69, 9.17) is 0 Å². The van der Waals surface area contributed by atoms with E-state index >= 15 is 0 Å². The smallest absolute Gasteiger partial charge is 0.297 e. The Bertz CT molecular complexity index is 603. The lowest BCUT2D eigenvalue weighted by molar-refractivity contribution is 0.547. The van der Waals surface area contributed by atoms with E-state index in [0.29, 0.717) is 6.54 Å². The Labute approximate surface area is 113 Å². The van der Waals surface area contributed by atoms with E-state index < -0.39 is 0 Å². The van der Waals surface area contributed by atoms with Crippen molar-refractivity contribution in [3.8, 4) is 0 Å². The molecule has 5 nitrogen and oxygen atoms in total. The van der Waals surface area contributed by atoms with Gasteiger partial charge in [-0.3, -0.25) is 13.8 Å². The molecule has 0 aliphatic rings. The third-order valence-corrected chi connectivity index (χ3v) is 3.34. The highest BCUT2D eigenvalue weighted by Crippen LogP contribution is 2.08. The summed E-state index contributed by atoms with van der Waals surface area (Å²) < 4.78 is 5.45. The Kier molecular flexibility index (Phi) is 3.93. The molecule has 0 fully saturated rings. The van der Waals surface area contributed by atoms with Gasteiger partial charge in [0.25, 0.3) is 0 Å². The van der Waals surface area contributed by atoms with Gasteiger partial charge in [0, 0.05) is 25.0 Å². The average molecular weight is 262 g/mol. The summed E-state index contributed by atoms with van der Waals surface area (Å²) in [4.78, 5) is 12.2. The van der Waals surface area contributed by atoms with Crippen LogP contribution in [0.15, 0.2) is 23.3 Å². The van der Waals surface area contributed by atoms with Crippen molar-refractivity contribution in [2.75, 3.05) is 0 Å². The second-order valence-electron chi connectivity index (χ2n) is 5.01. The molecule has 2 heterocycles. The van der Waals surface area contributed by atoms with Gasteiger partial charge in [0.2, 0.25) is 0 Å². The molecule has 0 atom stereocenters. The van der Waals surface area contributed by atoms with Crippen LogP contribution >= 0.6 is 0 Å². The summed E-state index contributed by atoms with van der Waals surface area (Å²) in [7, 11) is 0. The van der Waals surface area contributed by atoms with Crippen molar-refractivity contribution in [2.45, 2.75) is 53.2 Å². The molecule has 0 N–H and O–H groups in total. The summed E-state index contributed by atoms with van der Waals surface area (Å²) in [6.07, 6.45) is 4.61. The molecule has 19 heavy (non-hydrogen) atoms. The Balaban J connectivity index is 2.31. The Morgan fingerprint density at radius 1 is 1.26 bits per heavy atom. The molecule has 0 saturated heterocycles. The maximum Gasteiger partial charge on any atom is 0.328 e. The van der Waals surface area contributed by atoms with Gasteiger partial charge in [-0.2, -0.15) is 5.10 Å². The number of hydrogen-bond acceptors (Lipinski definition) is 2. The third-order valence-electron chi connectivity index (χ3n) is 3.34. The van der Waals surface area contributed by atoms with Crippen LogP contribution in [0.3, 0.4) is 0 Å². The molecule has 2 rings (SSSR count). The van der Waals surface area contributed by atoms with Crippen molar-refractivity contribution in [2.24, 2.45) is 0 Å². The van der Waals surface area contributed by atoms with Gasteiger partial charge in [-0.25, -0.2) is 4.79 Å². The minimum atomic E-state index is 0.0388. The van der Waals surface area contributed by atoms with E-state index in [-0.39, 0.29) is 11.7 Å². The molecule has 0 aromatic carbocycles. The van der Waals surface area contributed by atoms with E-state index in [2.05, 4.69) is 25.0 Å². The SMILES string of the molecule is CCc1cc(Cn2ccn(C(C)C)c2=O)n(CC)n1. The van der Waals surface area contributed by atoms with Gasteiger partial charge in [-0.05, 0) is 33.3 Å². The zero-order valence-electron chi connectivity index (χ0n) is 12.1.